The van der Waals surface area contributed by atoms with E-state index in [1.54, 1.807) is 12.3 Å². The molecule has 0 radical (unpaired) electrons. The van der Waals surface area contributed by atoms with Gasteiger partial charge in [0.2, 0.25) is 5.91 Å². The molecular formula is C19H19N3O2. The summed E-state index contributed by atoms with van der Waals surface area (Å²) in [4.78, 5) is 12.2. The maximum absolute atomic E-state index is 12.2. The molecule has 5 nitrogen and oxygen atoms in total. The van der Waals surface area contributed by atoms with E-state index < -0.39 is 0 Å². The minimum Gasteiger partial charge on any atom is -0.457 e. The van der Waals surface area contributed by atoms with Crippen LogP contribution in [0.5, 0.6) is 0 Å². The van der Waals surface area contributed by atoms with Crippen LogP contribution in [0.2, 0.25) is 0 Å². The van der Waals surface area contributed by atoms with Gasteiger partial charge in [-0.15, -0.1) is 0 Å². The van der Waals surface area contributed by atoms with E-state index in [2.05, 4.69) is 17.3 Å². The molecule has 1 aliphatic rings. The smallest absolute Gasteiger partial charge is 0.249 e. The van der Waals surface area contributed by atoms with Crippen molar-refractivity contribution in [2.75, 3.05) is 5.32 Å². The summed E-state index contributed by atoms with van der Waals surface area (Å²) in [7, 11) is 0. The van der Waals surface area contributed by atoms with Crippen LogP contribution in [0, 0.1) is 5.92 Å². The van der Waals surface area contributed by atoms with Crippen LogP contribution < -0.4 is 5.32 Å². The van der Waals surface area contributed by atoms with Crippen molar-refractivity contribution in [3.8, 4) is 0 Å². The highest BCUT2D eigenvalue weighted by molar-refractivity contribution is 6.01. The molecule has 0 saturated heterocycles. The number of aromatic nitrogens is 2. The van der Waals surface area contributed by atoms with Crippen LogP contribution in [0.15, 0.2) is 53.1 Å². The minimum atomic E-state index is -0.194. The molecule has 1 amide bonds. The van der Waals surface area contributed by atoms with Crippen molar-refractivity contribution in [1.29, 1.82) is 0 Å². The number of anilines is 1. The Labute approximate surface area is 140 Å². The minimum absolute atomic E-state index is 0.194. The predicted molar refractivity (Wildman–Crippen MR) is 93.5 cm³/mol. The molecule has 1 fully saturated rings. The van der Waals surface area contributed by atoms with Crippen molar-refractivity contribution in [1.82, 2.24) is 9.78 Å². The van der Waals surface area contributed by atoms with Gasteiger partial charge >= 0.3 is 0 Å². The molecule has 1 aromatic carbocycles. The molecule has 1 unspecified atom stereocenters. The van der Waals surface area contributed by atoms with Gasteiger partial charge in [-0.2, -0.15) is 5.10 Å². The van der Waals surface area contributed by atoms with Gasteiger partial charge < -0.3 is 9.73 Å². The Bertz CT molecular complexity index is 869. The molecule has 2 heterocycles. The summed E-state index contributed by atoms with van der Waals surface area (Å²) in [5.41, 5.74) is 0.814. The lowest BCUT2D eigenvalue weighted by molar-refractivity contribution is -0.111. The number of furan rings is 1. The second kappa shape index (κ2) is 6.00. The van der Waals surface area contributed by atoms with Crippen LogP contribution in [-0.4, -0.2) is 15.7 Å². The number of amides is 1. The zero-order chi connectivity index (χ0) is 16.5. The van der Waals surface area contributed by atoms with Crippen molar-refractivity contribution in [3.63, 3.8) is 0 Å². The predicted octanol–water partition coefficient (Wildman–Crippen LogP) is 4.25. The summed E-state index contributed by atoms with van der Waals surface area (Å²) in [5.74, 6) is 1.87. The van der Waals surface area contributed by atoms with E-state index in [0.29, 0.717) is 17.7 Å². The fourth-order valence-electron chi connectivity index (χ4n) is 2.93. The monoisotopic (exact) mass is 321 g/mol. The van der Waals surface area contributed by atoms with Crippen LogP contribution in [0.25, 0.3) is 17.0 Å². The van der Waals surface area contributed by atoms with Gasteiger partial charge in [-0.25, -0.2) is 4.68 Å². The molecule has 1 atom stereocenters. The number of hydrogen-bond acceptors (Lipinski definition) is 3. The number of fused-ring (bicyclic) bond motifs is 1. The van der Waals surface area contributed by atoms with Gasteiger partial charge in [0, 0.05) is 17.5 Å². The number of nitrogens with one attached hydrogen (secondary N) is 1. The third-order valence-corrected chi connectivity index (χ3v) is 4.46. The van der Waals surface area contributed by atoms with E-state index in [9.17, 15) is 4.79 Å². The van der Waals surface area contributed by atoms with Crippen LogP contribution >= 0.6 is 0 Å². The molecule has 0 spiro atoms. The Morgan fingerprint density at radius 1 is 1.38 bits per heavy atom. The fraction of sp³-hybridized carbons (Fsp3) is 0.263. The van der Waals surface area contributed by atoms with E-state index in [4.69, 9.17) is 4.42 Å². The first-order chi connectivity index (χ1) is 11.7. The quantitative estimate of drug-likeness (QED) is 0.715. The highest BCUT2D eigenvalue weighted by Crippen LogP contribution is 2.40. The maximum atomic E-state index is 12.2. The molecule has 2 aromatic heterocycles. The molecule has 3 aromatic rings. The van der Waals surface area contributed by atoms with E-state index in [1.165, 1.54) is 18.9 Å². The average Bonchev–Trinajstić information content (AvgIpc) is 3.19. The summed E-state index contributed by atoms with van der Waals surface area (Å²) in [5, 5.41) is 8.25. The first-order valence-corrected chi connectivity index (χ1v) is 8.22. The van der Waals surface area contributed by atoms with Crippen molar-refractivity contribution in [3.05, 3.63) is 54.4 Å². The van der Waals surface area contributed by atoms with Gasteiger partial charge in [0.15, 0.2) is 0 Å². The first-order valence-electron chi connectivity index (χ1n) is 8.22. The van der Waals surface area contributed by atoms with Crippen molar-refractivity contribution in [2.24, 2.45) is 5.92 Å². The van der Waals surface area contributed by atoms with Crippen molar-refractivity contribution >= 4 is 28.8 Å². The van der Waals surface area contributed by atoms with Crippen LogP contribution in [0.1, 0.15) is 31.6 Å². The van der Waals surface area contributed by atoms with Gasteiger partial charge in [0.05, 0.1) is 12.2 Å². The largest absolute Gasteiger partial charge is 0.457 e. The van der Waals surface area contributed by atoms with Gasteiger partial charge in [-0.3, -0.25) is 4.79 Å². The molecule has 1 saturated carbocycles. The number of rotatable bonds is 5. The molecule has 1 N–H and O–H groups in total. The second-order valence-electron chi connectivity index (χ2n) is 6.25. The number of benzene rings is 1. The van der Waals surface area contributed by atoms with Crippen LogP contribution in [0.4, 0.5) is 5.82 Å². The lowest BCUT2D eigenvalue weighted by Crippen LogP contribution is -2.16. The Hall–Kier alpha value is -2.82. The molecule has 0 bridgehead atoms. The van der Waals surface area contributed by atoms with Crippen molar-refractivity contribution < 1.29 is 9.21 Å². The maximum Gasteiger partial charge on any atom is 0.249 e. The number of carbonyl (C=O) groups is 1. The highest BCUT2D eigenvalue weighted by atomic mass is 16.3. The second-order valence-corrected chi connectivity index (χ2v) is 6.25. The molecule has 122 valence electrons. The third-order valence-electron chi connectivity index (χ3n) is 4.46. The molecule has 1 aliphatic carbocycles. The molecule has 5 heteroatoms. The highest BCUT2D eigenvalue weighted by Gasteiger charge is 2.30. The third kappa shape index (κ3) is 2.97. The summed E-state index contributed by atoms with van der Waals surface area (Å²) < 4.78 is 7.56. The Kier molecular flexibility index (Phi) is 3.69. The Morgan fingerprint density at radius 2 is 2.21 bits per heavy atom. The van der Waals surface area contributed by atoms with Gasteiger partial charge in [0.25, 0.3) is 0 Å². The summed E-state index contributed by atoms with van der Waals surface area (Å²) in [6.07, 6.45) is 7.36. The summed E-state index contributed by atoms with van der Waals surface area (Å²) >= 11 is 0. The molecule has 0 aliphatic heterocycles. The van der Waals surface area contributed by atoms with Gasteiger partial charge in [0.1, 0.15) is 17.2 Å². The van der Waals surface area contributed by atoms with Gasteiger partial charge in [-0.05, 0) is 43.9 Å². The standard InChI is InChI=1S/C19H19N3O2/c1-13(14-6-7-14)22-18(10-11-20-22)21-19(23)9-8-16-12-15-4-2-3-5-17(15)24-16/h2-5,8-14H,6-7H2,1H3,(H,21,23)/b9-8+. The van der Waals surface area contributed by atoms with E-state index >= 15 is 0 Å². The Balaban J connectivity index is 1.45. The topological polar surface area (TPSA) is 60.1 Å². The molecular weight excluding hydrogens is 302 g/mol. The van der Waals surface area contributed by atoms with E-state index in [-0.39, 0.29) is 5.91 Å². The van der Waals surface area contributed by atoms with Crippen molar-refractivity contribution in [2.45, 2.75) is 25.8 Å². The van der Waals surface area contributed by atoms with Gasteiger partial charge in [-0.1, -0.05) is 18.2 Å². The molecule has 4 rings (SSSR count). The lowest BCUT2D eigenvalue weighted by atomic mass is 10.2. The summed E-state index contributed by atoms with van der Waals surface area (Å²) in [6, 6.07) is 11.8. The Morgan fingerprint density at radius 3 is 3.00 bits per heavy atom. The number of hydrogen-bond donors (Lipinski definition) is 1. The number of carbonyl (C=O) groups excluding carboxylic acids is 1. The van der Waals surface area contributed by atoms with Crippen LogP contribution in [0.3, 0.4) is 0 Å². The van der Waals surface area contributed by atoms with E-state index in [1.807, 2.05) is 41.1 Å². The fourth-order valence-corrected chi connectivity index (χ4v) is 2.93. The number of nitrogens with zero attached hydrogens (tertiary/aromatic N) is 2. The molecule has 24 heavy (non-hydrogen) atoms. The normalized spacial score (nSPS) is 15.9. The number of para-hydroxylation sites is 1. The SMILES string of the molecule is CC(C1CC1)n1nccc1NC(=O)/C=C/c1cc2ccccc2o1. The van der Waals surface area contributed by atoms with E-state index in [0.717, 1.165) is 16.8 Å². The lowest BCUT2D eigenvalue weighted by Gasteiger charge is -2.14. The van der Waals surface area contributed by atoms with Crippen LogP contribution in [-0.2, 0) is 4.79 Å². The average molecular weight is 321 g/mol. The zero-order valence-electron chi connectivity index (χ0n) is 13.5. The first kappa shape index (κ1) is 14.8. The summed E-state index contributed by atoms with van der Waals surface area (Å²) in [6.45, 7) is 2.14. The zero-order valence-corrected chi connectivity index (χ0v) is 13.5.